The van der Waals surface area contributed by atoms with E-state index in [4.69, 9.17) is 16.3 Å². The highest BCUT2D eigenvalue weighted by Gasteiger charge is 2.27. The van der Waals surface area contributed by atoms with Crippen LogP contribution in [0.5, 0.6) is 11.5 Å². The van der Waals surface area contributed by atoms with Gasteiger partial charge < -0.3 is 20.3 Å². The van der Waals surface area contributed by atoms with Gasteiger partial charge in [-0.2, -0.15) is 4.68 Å². The van der Waals surface area contributed by atoms with Crippen molar-refractivity contribution in [1.29, 1.82) is 0 Å². The largest absolute Gasteiger partial charge is 0.503 e. The number of carbonyl (C=O) groups is 1. The van der Waals surface area contributed by atoms with E-state index in [2.05, 4.69) is 20.8 Å². The Morgan fingerprint density at radius 1 is 1.52 bits per heavy atom. The first-order valence-corrected chi connectivity index (χ1v) is 7.04. The molecule has 3 N–H and O–H groups in total. The molecule has 0 bridgehead atoms. The smallest absolute Gasteiger partial charge is 0.352 e. The second-order valence-electron chi connectivity index (χ2n) is 4.68. The number of hydrogen-bond donors (Lipinski definition) is 3. The molecule has 0 aliphatic carbocycles. The van der Waals surface area contributed by atoms with Crippen LogP contribution < -0.4 is 10.1 Å². The molecular weight excluding hydrogens is 326 g/mol. The molecule has 0 saturated heterocycles. The summed E-state index contributed by atoms with van der Waals surface area (Å²) in [6.07, 6.45) is 1.45. The number of halogens is 1. The zero-order valence-electron chi connectivity index (χ0n) is 11.9. The molecule has 0 fully saturated rings. The Kier molecular flexibility index (Phi) is 3.78. The van der Waals surface area contributed by atoms with E-state index in [0.29, 0.717) is 12.2 Å². The van der Waals surface area contributed by atoms with Gasteiger partial charge in [-0.05, 0) is 41.1 Å². The maximum Gasteiger partial charge on any atom is 0.352 e. The number of nitrogens with one attached hydrogen (secondary N) is 1. The van der Waals surface area contributed by atoms with E-state index in [1.54, 1.807) is 13.0 Å². The lowest BCUT2D eigenvalue weighted by molar-refractivity contribution is -0.132. The molecule has 1 aromatic heterocycles. The normalized spacial score (nSPS) is 16.3. The van der Waals surface area contributed by atoms with Gasteiger partial charge in [0.1, 0.15) is 11.7 Å². The number of phenolic OH excluding ortho intramolecular Hbond substituents is 1. The molecule has 2 aromatic rings. The second-order valence-corrected chi connectivity index (χ2v) is 5.09. The van der Waals surface area contributed by atoms with Crippen molar-refractivity contribution in [3.05, 3.63) is 34.5 Å². The monoisotopic (exact) mass is 337 g/mol. The number of anilines is 1. The van der Waals surface area contributed by atoms with E-state index in [1.165, 1.54) is 16.8 Å². The van der Waals surface area contributed by atoms with Crippen molar-refractivity contribution in [2.24, 2.45) is 0 Å². The average molecular weight is 338 g/mol. The molecule has 0 spiro atoms. The molecule has 1 unspecified atom stereocenters. The predicted molar refractivity (Wildman–Crippen MR) is 79.6 cm³/mol. The number of hydrogen-bond acceptors (Lipinski definition) is 7. The Bertz CT molecular complexity index is 804. The third-order valence-corrected chi connectivity index (χ3v) is 3.54. The Morgan fingerprint density at radius 3 is 3.00 bits per heavy atom. The summed E-state index contributed by atoms with van der Waals surface area (Å²) in [5, 5.41) is 32.9. The van der Waals surface area contributed by atoms with Crippen molar-refractivity contribution in [2.75, 3.05) is 11.9 Å². The van der Waals surface area contributed by atoms with Crippen molar-refractivity contribution in [3.63, 3.8) is 0 Å². The van der Waals surface area contributed by atoms with Crippen LogP contribution in [0.25, 0.3) is 0 Å². The highest BCUT2D eigenvalue weighted by molar-refractivity contribution is 6.32. The molecular formula is C13H12ClN5O4. The maximum atomic E-state index is 11.3. The Morgan fingerprint density at radius 2 is 2.30 bits per heavy atom. The van der Waals surface area contributed by atoms with Crippen LogP contribution in [0.2, 0.25) is 5.02 Å². The van der Waals surface area contributed by atoms with Gasteiger partial charge in [-0.1, -0.05) is 16.7 Å². The summed E-state index contributed by atoms with van der Waals surface area (Å²) in [6, 6.07) is 2.48. The number of fused-ring (bicyclic) bond motifs is 1. The van der Waals surface area contributed by atoms with Gasteiger partial charge in [0.2, 0.25) is 5.95 Å². The summed E-state index contributed by atoms with van der Waals surface area (Å²) in [7, 11) is 0. The van der Waals surface area contributed by atoms with Crippen LogP contribution in [0, 0.1) is 0 Å². The SMILES string of the molecule is CCOc1cc(C2C=C(C(=O)O)Nc3nnnn32)cc(Cl)c1O. The highest BCUT2D eigenvalue weighted by Crippen LogP contribution is 2.39. The lowest BCUT2D eigenvalue weighted by atomic mass is 10.0. The molecule has 1 atom stereocenters. The fourth-order valence-electron chi connectivity index (χ4n) is 2.25. The van der Waals surface area contributed by atoms with Gasteiger partial charge in [-0.15, -0.1) is 0 Å². The molecule has 1 aromatic carbocycles. The van der Waals surface area contributed by atoms with Crippen LogP contribution in [0.3, 0.4) is 0 Å². The number of aromatic hydroxyl groups is 1. The van der Waals surface area contributed by atoms with Gasteiger partial charge in [0.15, 0.2) is 11.5 Å². The summed E-state index contributed by atoms with van der Waals surface area (Å²) in [5.74, 6) is -0.921. The molecule has 120 valence electrons. The van der Waals surface area contributed by atoms with Gasteiger partial charge in [-0.3, -0.25) is 0 Å². The minimum atomic E-state index is -1.14. The summed E-state index contributed by atoms with van der Waals surface area (Å²) in [6.45, 7) is 2.11. The number of aliphatic carboxylic acids is 1. The Labute approximate surface area is 135 Å². The standard InChI is InChI=1S/C13H12ClN5O4/c1-2-23-10-4-6(3-7(14)11(10)20)9-5-8(12(21)22)15-13-16-17-18-19(9)13/h3-5,9,20H,2H2,1H3,(H,21,22)(H,15,16,18). The quantitative estimate of drug-likeness (QED) is 0.765. The first-order chi connectivity index (χ1) is 11.0. The van der Waals surface area contributed by atoms with Crippen LogP contribution in [-0.2, 0) is 4.79 Å². The van der Waals surface area contributed by atoms with Crippen molar-refractivity contribution in [3.8, 4) is 11.5 Å². The summed E-state index contributed by atoms with van der Waals surface area (Å²) in [5.41, 5.74) is 0.518. The van der Waals surface area contributed by atoms with Crippen molar-refractivity contribution < 1.29 is 19.7 Å². The summed E-state index contributed by atoms with van der Waals surface area (Å²) < 4.78 is 6.75. The molecule has 1 aliphatic rings. The maximum absolute atomic E-state index is 11.3. The van der Waals surface area contributed by atoms with E-state index in [9.17, 15) is 15.0 Å². The third kappa shape index (κ3) is 2.66. The zero-order chi connectivity index (χ0) is 16.6. The van der Waals surface area contributed by atoms with Crippen molar-refractivity contribution in [1.82, 2.24) is 20.2 Å². The van der Waals surface area contributed by atoms with E-state index in [0.717, 1.165) is 0 Å². The van der Waals surface area contributed by atoms with Crippen LogP contribution in [0.15, 0.2) is 23.9 Å². The van der Waals surface area contributed by atoms with E-state index in [-0.39, 0.29) is 28.2 Å². The second kappa shape index (κ2) is 5.76. The summed E-state index contributed by atoms with van der Waals surface area (Å²) in [4.78, 5) is 11.3. The van der Waals surface area contributed by atoms with Gasteiger partial charge in [0, 0.05) is 0 Å². The number of nitrogens with zero attached hydrogens (tertiary/aromatic N) is 4. The lowest BCUT2D eigenvalue weighted by Gasteiger charge is -2.22. The molecule has 1 aliphatic heterocycles. The lowest BCUT2D eigenvalue weighted by Crippen LogP contribution is -2.24. The summed E-state index contributed by atoms with van der Waals surface area (Å²) >= 11 is 6.03. The number of tetrazole rings is 1. The van der Waals surface area contributed by atoms with Crippen molar-refractivity contribution in [2.45, 2.75) is 13.0 Å². The fourth-order valence-corrected chi connectivity index (χ4v) is 2.47. The Hall–Kier alpha value is -2.81. The molecule has 0 saturated carbocycles. The van der Waals surface area contributed by atoms with Gasteiger partial charge in [0.05, 0.1) is 11.6 Å². The first kappa shape index (κ1) is 15.1. The molecule has 10 heteroatoms. The van der Waals surface area contributed by atoms with Crippen LogP contribution in [0.4, 0.5) is 5.95 Å². The molecule has 2 heterocycles. The molecule has 9 nitrogen and oxygen atoms in total. The molecule has 23 heavy (non-hydrogen) atoms. The predicted octanol–water partition coefficient (Wildman–Crippen LogP) is 1.41. The number of rotatable bonds is 4. The number of allylic oxidation sites excluding steroid dienone is 1. The number of ether oxygens (including phenoxy) is 1. The minimum Gasteiger partial charge on any atom is -0.503 e. The molecule has 3 rings (SSSR count). The number of carboxylic acids is 1. The Balaban J connectivity index is 2.12. The fraction of sp³-hybridized carbons (Fsp3) is 0.231. The minimum absolute atomic E-state index is 0.0561. The molecule has 0 amide bonds. The topological polar surface area (TPSA) is 122 Å². The number of aromatic nitrogens is 4. The highest BCUT2D eigenvalue weighted by atomic mass is 35.5. The third-order valence-electron chi connectivity index (χ3n) is 3.25. The van der Waals surface area contributed by atoms with E-state index < -0.39 is 12.0 Å². The van der Waals surface area contributed by atoms with Gasteiger partial charge in [-0.25, -0.2) is 4.79 Å². The number of phenols is 1. The van der Waals surface area contributed by atoms with E-state index >= 15 is 0 Å². The number of benzene rings is 1. The van der Waals surface area contributed by atoms with Gasteiger partial charge in [0.25, 0.3) is 0 Å². The van der Waals surface area contributed by atoms with Crippen molar-refractivity contribution >= 4 is 23.5 Å². The van der Waals surface area contributed by atoms with Gasteiger partial charge >= 0.3 is 5.97 Å². The molecule has 0 radical (unpaired) electrons. The van der Waals surface area contributed by atoms with Crippen LogP contribution >= 0.6 is 11.6 Å². The van der Waals surface area contributed by atoms with Crippen LogP contribution in [-0.4, -0.2) is 43.0 Å². The average Bonchev–Trinajstić information content (AvgIpc) is 2.99. The zero-order valence-corrected chi connectivity index (χ0v) is 12.7. The van der Waals surface area contributed by atoms with E-state index in [1.807, 2.05) is 0 Å². The first-order valence-electron chi connectivity index (χ1n) is 6.66. The van der Waals surface area contributed by atoms with Crippen LogP contribution in [0.1, 0.15) is 18.5 Å². The number of carboxylic acid groups (broad SMARTS) is 1.